The molecule has 1 amide bonds. The maximum Gasteiger partial charge on any atom is 0.237 e. The van der Waals surface area contributed by atoms with Crippen molar-refractivity contribution in [3.05, 3.63) is 35.6 Å². The molecule has 2 aliphatic rings. The average molecular weight is 292 g/mol. The van der Waals surface area contributed by atoms with Gasteiger partial charge in [-0.25, -0.2) is 4.39 Å². The molecule has 1 saturated heterocycles. The lowest BCUT2D eigenvalue weighted by Crippen LogP contribution is -2.44. The Balaban J connectivity index is 1.44. The van der Waals surface area contributed by atoms with Gasteiger partial charge in [0, 0.05) is 6.54 Å². The summed E-state index contributed by atoms with van der Waals surface area (Å²) in [4.78, 5) is 12.0. The highest BCUT2D eigenvalue weighted by molar-refractivity contribution is 5.81. The van der Waals surface area contributed by atoms with Crippen LogP contribution in [0, 0.1) is 11.2 Å². The maximum absolute atomic E-state index is 13.1. The van der Waals surface area contributed by atoms with Crippen molar-refractivity contribution in [2.45, 2.75) is 37.8 Å². The zero-order chi connectivity index (χ0) is 14.9. The molecule has 1 saturated carbocycles. The summed E-state index contributed by atoms with van der Waals surface area (Å²) in [5, 5.41) is 2.84. The molecule has 0 bridgehead atoms. The Bertz CT molecular complexity index is 531. The van der Waals surface area contributed by atoms with Crippen molar-refractivity contribution in [2.24, 2.45) is 11.1 Å². The van der Waals surface area contributed by atoms with Gasteiger partial charge in [-0.2, -0.15) is 0 Å². The van der Waals surface area contributed by atoms with Crippen molar-refractivity contribution in [1.82, 2.24) is 5.32 Å². The van der Waals surface area contributed by atoms with Crippen LogP contribution in [0.4, 0.5) is 4.39 Å². The third kappa shape index (κ3) is 3.60. The van der Waals surface area contributed by atoms with Crippen LogP contribution in [0.5, 0.6) is 0 Å². The van der Waals surface area contributed by atoms with Crippen LogP contribution in [0.1, 0.15) is 24.8 Å². The summed E-state index contributed by atoms with van der Waals surface area (Å²) < 4.78 is 18.8. The summed E-state index contributed by atoms with van der Waals surface area (Å²) in [6, 6.07) is 5.51. The Kier molecular flexibility index (Phi) is 3.95. The lowest BCUT2D eigenvalue weighted by molar-refractivity contribution is -0.122. The normalized spacial score (nSPS) is 24.0. The fourth-order valence-corrected chi connectivity index (χ4v) is 2.91. The number of halogens is 1. The van der Waals surface area contributed by atoms with Crippen LogP contribution in [0.3, 0.4) is 0 Å². The molecule has 1 aromatic carbocycles. The van der Waals surface area contributed by atoms with Crippen LogP contribution in [0.2, 0.25) is 0 Å². The summed E-state index contributed by atoms with van der Waals surface area (Å²) in [5.74, 6) is -0.520. The fourth-order valence-electron chi connectivity index (χ4n) is 2.91. The minimum Gasteiger partial charge on any atom is -0.376 e. The molecule has 1 spiro atoms. The lowest BCUT2D eigenvalue weighted by Gasteiger charge is -2.15. The SMILES string of the molecule is NC(Cc1cccc(F)c1)C(=O)NCC1CC2(CC2)CO1. The van der Waals surface area contributed by atoms with Gasteiger partial charge >= 0.3 is 0 Å². The number of nitrogens with one attached hydrogen (secondary N) is 1. The van der Waals surface area contributed by atoms with Gasteiger partial charge in [0.15, 0.2) is 0 Å². The minimum atomic E-state index is -0.664. The molecule has 3 rings (SSSR count). The van der Waals surface area contributed by atoms with E-state index in [1.807, 2.05) is 0 Å². The Morgan fingerprint density at radius 2 is 2.33 bits per heavy atom. The summed E-state index contributed by atoms with van der Waals surface area (Å²) >= 11 is 0. The molecule has 2 atom stereocenters. The van der Waals surface area contributed by atoms with Crippen LogP contribution in [0.25, 0.3) is 0 Å². The van der Waals surface area contributed by atoms with E-state index in [2.05, 4.69) is 5.32 Å². The largest absolute Gasteiger partial charge is 0.376 e. The summed E-state index contributed by atoms with van der Waals surface area (Å²) in [5.41, 5.74) is 7.02. The van der Waals surface area contributed by atoms with Crippen LogP contribution >= 0.6 is 0 Å². The van der Waals surface area contributed by atoms with E-state index in [0.29, 0.717) is 18.4 Å². The van der Waals surface area contributed by atoms with Crippen molar-refractivity contribution in [1.29, 1.82) is 0 Å². The van der Waals surface area contributed by atoms with Gasteiger partial charge in [-0.1, -0.05) is 12.1 Å². The highest BCUT2D eigenvalue weighted by atomic mass is 19.1. The highest BCUT2D eigenvalue weighted by Crippen LogP contribution is 2.53. The number of rotatable bonds is 5. The second kappa shape index (κ2) is 5.73. The van der Waals surface area contributed by atoms with Gasteiger partial charge in [0.25, 0.3) is 0 Å². The number of hydrogen-bond donors (Lipinski definition) is 2. The van der Waals surface area contributed by atoms with Crippen LogP contribution in [0.15, 0.2) is 24.3 Å². The number of ether oxygens (including phenoxy) is 1. The second-order valence-corrected chi connectivity index (χ2v) is 6.32. The van der Waals surface area contributed by atoms with Gasteiger partial charge in [0.1, 0.15) is 5.82 Å². The molecule has 0 aromatic heterocycles. The van der Waals surface area contributed by atoms with Crippen molar-refractivity contribution < 1.29 is 13.9 Å². The van der Waals surface area contributed by atoms with Gasteiger partial charge in [0.05, 0.1) is 18.8 Å². The molecule has 1 aliphatic heterocycles. The molecule has 2 fully saturated rings. The number of carbonyl (C=O) groups is 1. The Hall–Kier alpha value is -1.46. The number of carbonyl (C=O) groups excluding carboxylic acids is 1. The third-order valence-corrected chi connectivity index (χ3v) is 4.43. The molecule has 114 valence electrons. The van der Waals surface area contributed by atoms with Gasteiger partial charge in [-0.3, -0.25) is 4.79 Å². The molecular weight excluding hydrogens is 271 g/mol. The first-order valence-electron chi connectivity index (χ1n) is 7.46. The lowest BCUT2D eigenvalue weighted by atomic mass is 10.0. The quantitative estimate of drug-likeness (QED) is 0.862. The average Bonchev–Trinajstić information content (AvgIpc) is 3.08. The first-order valence-corrected chi connectivity index (χ1v) is 7.46. The van der Waals surface area contributed by atoms with E-state index in [-0.39, 0.29) is 17.8 Å². The van der Waals surface area contributed by atoms with Gasteiger partial charge in [-0.15, -0.1) is 0 Å². The van der Waals surface area contributed by atoms with Crippen LogP contribution in [-0.2, 0) is 16.0 Å². The standard InChI is InChI=1S/C16H21FN2O2/c17-12-3-1-2-11(6-12)7-14(18)15(20)19-9-13-8-16(4-5-16)10-21-13/h1-3,6,13-14H,4-5,7-10,18H2,(H,19,20). The molecule has 4 nitrogen and oxygen atoms in total. The van der Waals surface area contributed by atoms with E-state index in [1.165, 1.54) is 25.0 Å². The van der Waals surface area contributed by atoms with E-state index >= 15 is 0 Å². The smallest absolute Gasteiger partial charge is 0.237 e. The van der Waals surface area contributed by atoms with Crippen molar-refractivity contribution in [2.75, 3.05) is 13.2 Å². The third-order valence-electron chi connectivity index (χ3n) is 4.43. The first kappa shape index (κ1) is 14.5. The summed E-state index contributed by atoms with van der Waals surface area (Å²) in [7, 11) is 0. The van der Waals surface area contributed by atoms with E-state index in [9.17, 15) is 9.18 Å². The predicted octanol–water partition coefficient (Wildman–Crippen LogP) is 1.38. The highest BCUT2D eigenvalue weighted by Gasteiger charge is 2.49. The summed E-state index contributed by atoms with van der Waals surface area (Å²) in [6.07, 6.45) is 3.97. The van der Waals surface area contributed by atoms with Gasteiger partial charge < -0.3 is 15.8 Å². The minimum absolute atomic E-state index is 0.109. The predicted molar refractivity (Wildman–Crippen MR) is 77.1 cm³/mol. The maximum atomic E-state index is 13.1. The van der Waals surface area contributed by atoms with Gasteiger partial charge in [0.2, 0.25) is 5.91 Å². The molecule has 0 radical (unpaired) electrons. The second-order valence-electron chi connectivity index (χ2n) is 6.32. The molecule has 1 heterocycles. The Morgan fingerprint density at radius 3 is 3.00 bits per heavy atom. The zero-order valence-electron chi connectivity index (χ0n) is 12.0. The Labute approximate surface area is 123 Å². The van der Waals surface area contributed by atoms with Crippen LogP contribution in [-0.4, -0.2) is 31.2 Å². The van der Waals surface area contributed by atoms with Gasteiger partial charge in [-0.05, 0) is 48.8 Å². The number of amides is 1. The summed E-state index contributed by atoms with van der Waals surface area (Å²) in [6.45, 7) is 1.33. The van der Waals surface area contributed by atoms with E-state index in [1.54, 1.807) is 12.1 Å². The number of nitrogens with two attached hydrogens (primary N) is 1. The van der Waals surface area contributed by atoms with Crippen molar-refractivity contribution in [3.63, 3.8) is 0 Å². The molecular formula is C16H21FN2O2. The molecule has 3 N–H and O–H groups in total. The first-order chi connectivity index (χ1) is 10.1. The van der Waals surface area contributed by atoms with Crippen molar-refractivity contribution in [3.8, 4) is 0 Å². The molecule has 1 aromatic rings. The molecule has 21 heavy (non-hydrogen) atoms. The monoisotopic (exact) mass is 292 g/mol. The number of hydrogen-bond acceptors (Lipinski definition) is 3. The molecule has 1 aliphatic carbocycles. The molecule has 5 heteroatoms. The van der Waals surface area contributed by atoms with E-state index < -0.39 is 6.04 Å². The van der Waals surface area contributed by atoms with E-state index in [4.69, 9.17) is 10.5 Å². The molecule has 2 unspecified atom stereocenters. The Morgan fingerprint density at radius 1 is 1.52 bits per heavy atom. The van der Waals surface area contributed by atoms with Crippen molar-refractivity contribution >= 4 is 5.91 Å². The fraction of sp³-hybridized carbons (Fsp3) is 0.562. The number of benzene rings is 1. The zero-order valence-corrected chi connectivity index (χ0v) is 12.0. The topological polar surface area (TPSA) is 64.4 Å². The van der Waals surface area contributed by atoms with Crippen LogP contribution < -0.4 is 11.1 Å². The van der Waals surface area contributed by atoms with E-state index in [0.717, 1.165) is 18.6 Å².